The van der Waals surface area contributed by atoms with E-state index in [4.69, 9.17) is 4.74 Å². The van der Waals surface area contributed by atoms with Gasteiger partial charge in [-0.2, -0.15) is 0 Å². The Morgan fingerprint density at radius 1 is 1.20 bits per heavy atom. The molecule has 0 saturated heterocycles. The number of halogens is 1. The van der Waals surface area contributed by atoms with Gasteiger partial charge in [-0.25, -0.2) is 9.18 Å². The summed E-state index contributed by atoms with van der Waals surface area (Å²) in [5.41, 5.74) is 2.38. The van der Waals surface area contributed by atoms with E-state index < -0.39 is 12.2 Å². The Balaban J connectivity index is 1.95. The predicted octanol–water partition coefficient (Wildman–Crippen LogP) is 4.44. The Bertz CT molecular complexity index is 596. The number of aryl methyl sites for hydroxylation is 1. The van der Waals surface area contributed by atoms with Crippen molar-refractivity contribution < 1.29 is 13.9 Å². The number of carbonyl (C=O) groups excluding carboxylic acids is 1. The summed E-state index contributed by atoms with van der Waals surface area (Å²) in [5, 5.41) is 2.63. The van der Waals surface area contributed by atoms with Crippen LogP contribution in [0.5, 0.6) is 0 Å². The Hall–Kier alpha value is -2.36. The smallest absolute Gasteiger partial charge is 0.412 e. The number of benzene rings is 2. The minimum Gasteiger partial charge on any atom is -0.441 e. The van der Waals surface area contributed by atoms with Crippen molar-refractivity contribution in [2.24, 2.45) is 0 Å². The SMILES string of the molecule is Cc1ccc(NC(=O)OC(C)c2cccc(F)c2)cc1. The van der Waals surface area contributed by atoms with Crippen molar-refractivity contribution in [2.45, 2.75) is 20.0 Å². The highest BCUT2D eigenvalue weighted by Crippen LogP contribution is 2.18. The first-order valence-corrected chi connectivity index (χ1v) is 6.34. The van der Waals surface area contributed by atoms with E-state index in [1.54, 1.807) is 31.2 Å². The molecule has 104 valence electrons. The maximum absolute atomic E-state index is 13.1. The number of rotatable bonds is 3. The van der Waals surface area contributed by atoms with Crippen LogP contribution in [-0.4, -0.2) is 6.09 Å². The van der Waals surface area contributed by atoms with Crippen LogP contribution in [0.1, 0.15) is 24.2 Å². The Morgan fingerprint density at radius 3 is 2.55 bits per heavy atom. The number of nitrogens with one attached hydrogen (secondary N) is 1. The van der Waals surface area contributed by atoms with E-state index in [-0.39, 0.29) is 5.82 Å². The first-order valence-electron chi connectivity index (χ1n) is 6.34. The Labute approximate surface area is 117 Å². The third-order valence-corrected chi connectivity index (χ3v) is 2.90. The van der Waals surface area contributed by atoms with Crippen molar-refractivity contribution in [1.82, 2.24) is 0 Å². The molecular weight excluding hydrogens is 257 g/mol. The molecule has 3 nitrogen and oxygen atoms in total. The van der Waals surface area contributed by atoms with E-state index >= 15 is 0 Å². The van der Waals surface area contributed by atoms with Gasteiger partial charge < -0.3 is 4.74 Å². The first kappa shape index (κ1) is 14.1. The number of hydrogen-bond acceptors (Lipinski definition) is 2. The maximum atomic E-state index is 13.1. The van der Waals surface area contributed by atoms with Crippen molar-refractivity contribution in [3.8, 4) is 0 Å². The molecule has 0 heterocycles. The van der Waals surface area contributed by atoms with Crippen molar-refractivity contribution in [2.75, 3.05) is 5.32 Å². The summed E-state index contributed by atoms with van der Waals surface area (Å²) in [4.78, 5) is 11.7. The van der Waals surface area contributed by atoms with E-state index in [9.17, 15) is 9.18 Å². The molecule has 1 N–H and O–H groups in total. The summed E-state index contributed by atoms with van der Waals surface area (Å²) in [5.74, 6) is -0.350. The maximum Gasteiger partial charge on any atom is 0.412 e. The third-order valence-electron chi connectivity index (χ3n) is 2.90. The highest BCUT2D eigenvalue weighted by Gasteiger charge is 2.12. The number of anilines is 1. The lowest BCUT2D eigenvalue weighted by Crippen LogP contribution is -2.16. The van der Waals surface area contributed by atoms with Crippen molar-refractivity contribution in [1.29, 1.82) is 0 Å². The van der Waals surface area contributed by atoms with Crippen molar-refractivity contribution in [3.63, 3.8) is 0 Å². The van der Waals surface area contributed by atoms with Crippen LogP contribution >= 0.6 is 0 Å². The molecule has 0 spiro atoms. The zero-order valence-electron chi connectivity index (χ0n) is 11.4. The van der Waals surface area contributed by atoms with E-state index in [1.807, 2.05) is 19.1 Å². The lowest BCUT2D eigenvalue weighted by Gasteiger charge is -2.14. The first-order chi connectivity index (χ1) is 9.54. The molecule has 0 fully saturated rings. The lowest BCUT2D eigenvalue weighted by atomic mass is 10.1. The number of carbonyl (C=O) groups is 1. The van der Waals surface area contributed by atoms with Gasteiger partial charge in [-0.3, -0.25) is 5.32 Å². The van der Waals surface area contributed by atoms with E-state index in [0.717, 1.165) is 5.56 Å². The second kappa shape index (κ2) is 6.19. The van der Waals surface area contributed by atoms with Crippen LogP contribution in [0.4, 0.5) is 14.9 Å². The lowest BCUT2D eigenvalue weighted by molar-refractivity contribution is 0.121. The summed E-state index contributed by atoms with van der Waals surface area (Å²) in [6.07, 6.45) is -1.08. The summed E-state index contributed by atoms with van der Waals surface area (Å²) in [7, 11) is 0. The molecule has 4 heteroatoms. The second-order valence-corrected chi connectivity index (χ2v) is 4.59. The normalized spacial score (nSPS) is 11.8. The van der Waals surface area contributed by atoms with Gasteiger partial charge in [0.1, 0.15) is 11.9 Å². The van der Waals surface area contributed by atoms with Crippen molar-refractivity contribution >= 4 is 11.8 Å². The van der Waals surface area contributed by atoms with Crippen LogP contribution < -0.4 is 5.32 Å². The van der Waals surface area contributed by atoms with Gasteiger partial charge in [-0.15, -0.1) is 0 Å². The largest absolute Gasteiger partial charge is 0.441 e. The van der Waals surface area contributed by atoms with Crippen LogP contribution in [-0.2, 0) is 4.74 Å². The molecule has 1 unspecified atom stereocenters. The summed E-state index contributed by atoms with van der Waals surface area (Å²) in [6.45, 7) is 3.66. The fourth-order valence-electron chi connectivity index (χ4n) is 1.77. The minimum atomic E-state index is -0.564. The quantitative estimate of drug-likeness (QED) is 0.897. The molecule has 0 saturated carbocycles. The zero-order chi connectivity index (χ0) is 14.5. The van der Waals surface area contributed by atoms with Gasteiger partial charge in [0.15, 0.2) is 0 Å². The zero-order valence-corrected chi connectivity index (χ0v) is 11.4. The number of ether oxygens (including phenoxy) is 1. The van der Waals surface area contributed by atoms with Gasteiger partial charge in [0, 0.05) is 5.69 Å². The van der Waals surface area contributed by atoms with Crippen LogP contribution in [0, 0.1) is 12.7 Å². The molecule has 0 aromatic heterocycles. The molecule has 0 radical (unpaired) electrons. The highest BCUT2D eigenvalue weighted by molar-refractivity contribution is 5.84. The molecule has 1 atom stereocenters. The molecule has 1 amide bonds. The van der Waals surface area contributed by atoms with E-state index in [0.29, 0.717) is 11.3 Å². The highest BCUT2D eigenvalue weighted by atomic mass is 19.1. The van der Waals surface area contributed by atoms with Crippen molar-refractivity contribution in [3.05, 3.63) is 65.5 Å². The number of hydrogen-bond donors (Lipinski definition) is 1. The Kier molecular flexibility index (Phi) is 4.35. The topological polar surface area (TPSA) is 38.3 Å². The second-order valence-electron chi connectivity index (χ2n) is 4.59. The van der Waals surface area contributed by atoms with E-state index in [2.05, 4.69) is 5.32 Å². The average molecular weight is 273 g/mol. The van der Waals surface area contributed by atoms with Gasteiger partial charge in [-0.1, -0.05) is 29.8 Å². The van der Waals surface area contributed by atoms with Gasteiger partial charge in [0.2, 0.25) is 0 Å². The molecule has 2 aromatic carbocycles. The number of amides is 1. The van der Waals surface area contributed by atoms with Gasteiger partial charge in [-0.05, 0) is 43.7 Å². The molecule has 0 aliphatic heterocycles. The monoisotopic (exact) mass is 273 g/mol. The Morgan fingerprint density at radius 2 is 1.90 bits per heavy atom. The van der Waals surface area contributed by atoms with Gasteiger partial charge in [0.05, 0.1) is 0 Å². The molecule has 0 aliphatic carbocycles. The average Bonchev–Trinajstić information content (AvgIpc) is 2.41. The molecule has 2 aromatic rings. The fourth-order valence-corrected chi connectivity index (χ4v) is 1.77. The van der Waals surface area contributed by atoms with Crippen LogP contribution in [0.2, 0.25) is 0 Å². The standard InChI is InChI=1S/C16H16FNO2/c1-11-6-8-15(9-7-11)18-16(19)20-12(2)13-4-3-5-14(17)10-13/h3-10,12H,1-2H3,(H,18,19). The molecule has 20 heavy (non-hydrogen) atoms. The van der Waals surface area contributed by atoms with Gasteiger partial charge in [0.25, 0.3) is 0 Å². The summed E-state index contributed by atoms with van der Waals surface area (Å²) >= 11 is 0. The third kappa shape index (κ3) is 3.82. The van der Waals surface area contributed by atoms with Crippen LogP contribution in [0.25, 0.3) is 0 Å². The molecule has 2 rings (SSSR count). The fraction of sp³-hybridized carbons (Fsp3) is 0.188. The van der Waals surface area contributed by atoms with Crippen LogP contribution in [0.3, 0.4) is 0 Å². The summed E-state index contributed by atoms with van der Waals surface area (Å²) in [6, 6.07) is 13.4. The van der Waals surface area contributed by atoms with Crippen LogP contribution in [0.15, 0.2) is 48.5 Å². The molecular formula is C16H16FNO2. The predicted molar refractivity (Wildman–Crippen MR) is 76.1 cm³/mol. The molecule has 0 bridgehead atoms. The van der Waals surface area contributed by atoms with Gasteiger partial charge >= 0.3 is 6.09 Å². The minimum absolute atomic E-state index is 0.350. The molecule has 0 aliphatic rings. The van der Waals surface area contributed by atoms with E-state index in [1.165, 1.54) is 12.1 Å². The summed E-state index contributed by atoms with van der Waals surface area (Å²) < 4.78 is 18.3.